The highest BCUT2D eigenvalue weighted by molar-refractivity contribution is 5.80. The molecule has 4 nitrogen and oxygen atoms in total. The van der Waals surface area contributed by atoms with Gasteiger partial charge in [0.05, 0.1) is 0 Å². The highest BCUT2D eigenvalue weighted by atomic mass is 19.4. The molecule has 256 valence electrons. The van der Waals surface area contributed by atoms with E-state index in [2.05, 4.69) is 9.47 Å². The van der Waals surface area contributed by atoms with E-state index in [0.29, 0.717) is 12.0 Å². The van der Waals surface area contributed by atoms with Crippen LogP contribution in [0.2, 0.25) is 0 Å². The average Bonchev–Trinajstić information content (AvgIpc) is 3.23. The lowest BCUT2D eigenvalue weighted by molar-refractivity contribution is -0.349. The molecule has 6 atom stereocenters. The predicted molar refractivity (Wildman–Crippen MR) is 123 cm³/mol. The highest BCUT2D eigenvalue weighted by Gasteiger charge is 2.78. The topological polar surface area (TPSA) is 52.6 Å². The van der Waals surface area contributed by atoms with E-state index < -0.39 is 70.7 Å². The lowest BCUT2D eigenvalue weighted by atomic mass is 9.48. The second-order valence-electron chi connectivity index (χ2n) is 12.5. The van der Waals surface area contributed by atoms with E-state index in [1.807, 2.05) is 0 Å². The van der Waals surface area contributed by atoms with Crippen LogP contribution in [0, 0.1) is 28.6 Å². The molecule has 0 amide bonds. The first-order valence-electron chi connectivity index (χ1n) is 13.7. The number of halogens is 14. The van der Waals surface area contributed by atoms with Crippen LogP contribution in [-0.2, 0) is 19.1 Å². The molecule has 0 aliphatic heterocycles. The van der Waals surface area contributed by atoms with Crippen LogP contribution in [0.25, 0.3) is 0 Å². The van der Waals surface area contributed by atoms with E-state index >= 15 is 0 Å². The van der Waals surface area contributed by atoms with Gasteiger partial charge in [0.15, 0.2) is 0 Å². The highest BCUT2D eigenvalue weighted by Crippen LogP contribution is 2.65. The zero-order valence-corrected chi connectivity index (χ0v) is 23.3. The molecule has 18 heteroatoms. The summed E-state index contributed by atoms with van der Waals surface area (Å²) in [7, 11) is 0. The number of rotatable bonds is 6. The SMILES string of the molecule is C[C@]12CC[C@H]3[C@@H](CC=C4C=C(OC(=O)C(F)(F)C(F)(F)C(F)(F)F)CC[C@@]43C)[C@@H]1CC[C@@H]2OC(=O)C(F)(F)C(F)(F)C(F)(F)F. The van der Waals surface area contributed by atoms with E-state index in [1.54, 1.807) is 19.9 Å². The third-order valence-corrected chi connectivity index (χ3v) is 10.1. The van der Waals surface area contributed by atoms with E-state index in [1.165, 1.54) is 0 Å². The summed E-state index contributed by atoms with van der Waals surface area (Å²) in [6.45, 7) is 3.31. The number of hydrogen-bond donors (Lipinski definition) is 0. The van der Waals surface area contributed by atoms with Gasteiger partial charge in [-0.25, -0.2) is 9.59 Å². The zero-order chi connectivity index (χ0) is 34.4. The number of hydrogen-bond acceptors (Lipinski definition) is 4. The third-order valence-electron chi connectivity index (χ3n) is 10.1. The molecular formula is C27H26F14O4. The van der Waals surface area contributed by atoms with Crippen LogP contribution in [-0.4, -0.2) is 54.1 Å². The smallest absolute Gasteiger partial charge is 0.457 e. The summed E-state index contributed by atoms with van der Waals surface area (Å²) in [6.07, 6.45) is -11.6. The second-order valence-corrected chi connectivity index (χ2v) is 12.5. The number of ether oxygens (including phenoxy) is 2. The van der Waals surface area contributed by atoms with Crippen LogP contribution in [0.4, 0.5) is 61.5 Å². The Hall–Kier alpha value is -2.56. The lowest BCUT2D eigenvalue weighted by Crippen LogP contribution is -2.58. The van der Waals surface area contributed by atoms with Crippen molar-refractivity contribution >= 4 is 11.9 Å². The van der Waals surface area contributed by atoms with Crippen molar-refractivity contribution in [3.63, 3.8) is 0 Å². The summed E-state index contributed by atoms with van der Waals surface area (Å²) < 4.78 is 193. The fourth-order valence-corrected chi connectivity index (χ4v) is 7.52. The second kappa shape index (κ2) is 10.5. The zero-order valence-electron chi connectivity index (χ0n) is 23.3. The van der Waals surface area contributed by atoms with Crippen molar-refractivity contribution in [1.82, 2.24) is 0 Å². The van der Waals surface area contributed by atoms with Crippen molar-refractivity contribution in [2.45, 2.75) is 101 Å². The minimum Gasteiger partial charge on any atom is -0.457 e. The molecule has 4 aliphatic carbocycles. The molecule has 2 saturated carbocycles. The van der Waals surface area contributed by atoms with Crippen LogP contribution < -0.4 is 0 Å². The normalized spacial score (nSPS) is 32.9. The summed E-state index contributed by atoms with van der Waals surface area (Å²) in [5, 5.41) is 0. The predicted octanol–water partition coefficient (Wildman–Crippen LogP) is 8.56. The first-order chi connectivity index (χ1) is 20.2. The van der Waals surface area contributed by atoms with Crippen molar-refractivity contribution in [2.24, 2.45) is 28.6 Å². The molecule has 4 rings (SSSR count). The average molecular weight is 680 g/mol. The molecule has 0 saturated heterocycles. The standard InChI is InChI=1S/C27H26F14O4/c1-20-9-7-13(44-18(42)22(28,29)24(32,33)26(36,37)38)11-12(20)3-4-14-15-5-6-17(21(15,2)10-8-16(14)20)45-19(43)23(30,31)25(34,35)27(39,40)41/h3,11,14-17H,4-10H2,1-2H3/t14-,15-,16-,17-,20-,21-/m0/s1. The molecule has 4 aliphatic rings. The first-order valence-corrected chi connectivity index (χ1v) is 13.7. The lowest BCUT2D eigenvalue weighted by Gasteiger charge is -2.56. The largest absolute Gasteiger partial charge is 0.460 e. The quantitative estimate of drug-likeness (QED) is 0.209. The molecule has 0 aromatic rings. The summed E-state index contributed by atoms with van der Waals surface area (Å²) in [5.41, 5.74) is -1.43. The van der Waals surface area contributed by atoms with Gasteiger partial charge in [0.1, 0.15) is 11.9 Å². The van der Waals surface area contributed by atoms with Gasteiger partial charge in [-0.05, 0) is 73.3 Å². The Morgan fingerprint density at radius 2 is 1.27 bits per heavy atom. The van der Waals surface area contributed by atoms with Gasteiger partial charge in [-0.3, -0.25) is 0 Å². The Morgan fingerprint density at radius 1 is 0.733 bits per heavy atom. The van der Waals surface area contributed by atoms with E-state index in [9.17, 15) is 71.1 Å². The van der Waals surface area contributed by atoms with E-state index in [4.69, 9.17) is 0 Å². The third kappa shape index (κ3) is 5.19. The maximum absolute atomic E-state index is 14.0. The van der Waals surface area contributed by atoms with Gasteiger partial charge in [-0.15, -0.1) is 0 Å². The molecule has 0 bridgehead atoms. The summed E-state index contributed by atoms with van der Waals surface area (Å²) >= 11 is 0. The minimum atomic E-state index is -6.74. The Bertz CT molecular complexity index is 1280. The van der Waals surface area contributed by atoms with Crippen molar-refractivity contribution in [3.8, 4) is 0 Å². The Morgan fingerprint density at radius 3 is 1.80 bits per heavy atom. The molecule has 0 spiro atoms. The van der Waals surface area contributed by atoms with Gasteiger partial charge in [0.25, 0.3) is 0 Å². The molecule has 45 heavy (non-hydrogen) atoms. The maximum atomic E-state index is 14.0. The molecule has 0 aromatic carbocycles. The summed E-state index contributed by atoms with van der Waals surface area (Å²) in [4.78, 5) is 23.7. The van der Waals surface area contributed by atoms with Crippen molar-refractivity contribution in [3.05, 3.63) is 23.5 Å². The minimum absolute atomic E-state index is 0.0704. The van der Waals surface area contributed by atoms with Crippen LogP contribution in [0.1, 0.15) is 58.8 Å². The van der Waals surface area contributed by atoms with E-state index in [-0.39, 0.29) is 56.3 Å². The molecule has 0 unspecified atom stereocenters. The van der Waals surface area contributed by atoms with Crippen molar-refractivity contribution in [2.75, 3.05) is 0 Å². The maximum Gasteiger partial charge on any atom is 0.460 e. The molecule has 2 fully saturated rings. The van der Waals surface area contributed by atoms with Gasteiger partial charge in [0.2, 0.25) is 0 Å². The van der Waals surface area contributed by atoms with Gasteiger partial charge in [0, 0.05) is 11.8 Å². The fraction of sp³-hybridized carbons (Fsp3) is 0.778. The number of allylic oxidation sites excluding steroid dienone is 4. The van der Waals surface area contributed by atoms with E-state index in [0.717, 1.165) is 6.08 Å². The van der Waals surface area contributed by atoms with Crippen LogP contribution >= 0.6 is 0 Å². The number of esters is 2. The van der Waals surface area contributed by atoms with Crippen molar-refractivity contribution < 1.29 is 80.5 Å². The number of alkyl halides is 14. The summed E-state index contributed by atoms with van der Waals surface area (Å²) in [5.74, 6) is -33.3. The Balaban J connectivity index is 1.51. The summed E-state index contributed by atoms with van der Waals surface area (Å²) in [6, 6.07) is 0. The van der Waals surface area contributed by atoms with Crippen LogP contribution in [0.15, 0.2) is 23.5 Å². The first kappa shape index (κ1) is 35.3. The monoisotopic (exact) mass is 680 g/mol. The van der Waals surface area contributed by atoms with Gasteiger partial charge in [-0.2, -0.15) is 61.5 Å². The molecule has 0 radical (unpaired) electrons. The van der Waals surface area contributed by atoms with Gasteiger partial charge in [-0.1, -0.05) is 19.9 Å². The van der Waals surface area contributed by atoms with Crippen LogP contribution in [0.3, 0.4) is 0 Å². The fourth-order valence-electron chi connectivity index (χ4n) is 7.52. The molecule has 0 aromatic heterocycles. The number of fused-ring (bicyclic) bond motifs is 5. The van der Waals surface area contributed by atoms with Crippen molar-refractivity contribution in [1.29, 1.82) is 0 Å². The van der Waals surface area contributed by atoms with Crippen LogP contribution in [0.5, 0.6) is 0 Å². The number of carbonyl (C=O) groups excluding carboxylic acids is 2. The number of carbonyl (C=O) groups is 2. The Labute approximate surface area is 246 Å². The Kier molecular flexibility index (Phi) is 8.22. The molecule has 0 N–H and O–H groups in total. The molecule has 0 heterocycles. The van der Waals surface area contributed by atoms with Gasteiger partial charge >= 0.3 is 48.0 Å². The molecular weight excluding hydrogens is 654 g/mol. The van der Waals surface area contributed by atoms with Gasteiger partial charge < -0.3 is 9.47 Å².